The number of fused-ring (bicyclic) bond motifs is 2. The van der Waals surface area contributed by atoms with Crippen LogP contribution in [-0.2, 0) is 22.7 Å². The van der Waals surface area contributed by atoms with E-state index in [0.717, 1.165) is 108 Å². The van der Waals surface area contributed by atoms with Crippen molar-refractivity contribution in [2.24, 2.45) is 0 Å². The third-order valence-electron chi connectivity index (χ3n) is 10.6. The van der Waals surface area contributed by atoms with Crippen molar-refractivity contribution >= 4 is 35.2 Å². The third kappa shape index (κ3) is 9.80. The Morgan fingerprint density at radius 1 is 0.980 bits per heavy atom. The first kappa shape index (κ1) is 36.2. The molecule has 3 atom stereocenters. The fourth-order valence-electron chi connectivity index (χ4n) is 7.66. The second-order valence-corrected chi connectivity index (χ2v) is 15.6. The van der Waals surface area contributed by atoms with Crippen molar-refractivity contribution in [1.29, 1.82) is 0 Å². The lowest BCUT2D eigenvalue weighted by Gasteiger charge is -2.31. The fraction of sp³-hybridized carbons (Fsp3) is 0.649. The van der Waals surface area contributed by atoms with Crippen molar-refractivity contribution < 1.29 is 19.1 Å². The van der Waals surface area contributed by atoms with Crippen LogP contribution in [0.15, 0.2) is 29.2 Å². The number of hydrogen-bond donors (Lipinski definition) is 4. The third-order valence-corrected chi connectivity index (χ3v) is 12.1. The van der Waals surface area contributed by atoms with Crippen molar-refractivity contribution in [1.82, 2.24) is 31.0 Å². The second kappa shape index (κ2) is 17.6. The Hall–Kier alpha value is -3.58. The average Bonchev–Trinajstić information content (AvgIpc) is 3.80. The van der Waals surface area contributed by atoms with Crippen LogP contribution in [0.3, 0.4) is 0 Å². The first-order chi connectivity index (χ1) is 24.3. The van der Waals surface area contributed by atoms with Gasteiger partial charge in [-0.05, 0) is 68.7 Å². The predicted octanol–water partition coefficient (Wildman–Crippen LogP) is 4.19. The maximum absolute atomic E-state index is 12.5. The van der Waals surface area contributed by atoms with Gasteiger partial charge in [0.05, 0.1) is 30.5 Å². The minimum atomic E-state index is -0.157. The number of nitrogens with zero attached hydrogens (tertiary/aromatic N) is 3. The summed E-state index contributed by atoms with van der Waals surface area (Å²) in [6.07, 6.45) is 13.1. The van der Waals surface area contributed by atoms with Crippen LogP contribution in [0.4, 0.5) is 10.5 Å². The number of anilines is 1. The molecule has 4 aliphatic heterocycles. The highest BCUT2D eigenvalue weighted by atomic mass is 32.2. The van der Waals surface area contributed by atoms with Crippen molar-refractivity contribution in [2.75, 3.05) is 36.8 Å². The molecule has 3 fully saturated rings. The van der Waals surface area contributed by atoms with Crippen LogP contribution in [0.25, 0.3) is 0 Å². The number of thioether (sulfide) groups is 1. The number of H-pyrrole nitrogens is 1. The molecule has 6 rings (SSSR count). The number of aromatic nitrogens is 2. The summed E-state index contributed by atoms with van der Waals surface area (Å²) in [4.78, 5) is 52.8. The van der Waals surface area contributed by atoms with Crippen LogP contribution in [-0.4, -0.2) is 88.2 Å². The molecule has 0 bridgehead atoms. The summed E-state index contributed by atoms with van der Waals surface area (Å²) in [7, 11) is 0. The highest BCUT2D eigenvalue weighted by Crippen LogP contribution is 2.34. The molecule has 0 unspecified atom stereocenters. The van der Waals surface area contributed by atoms with Crippen molar-refractivity contribution in [3.05, 3.63) is 51.4 Å². The van der Waals surface area contributed by atoms with Crippen LogP contribution in [0.2, 0.25) is 0 Å². The van der Waals surface area contributed by atoms with E-state index in [9.17, 15) is 19.2 Å². The summed E-state index contributed by atoms with van der Waals surface area (Å²) in [5, 5.41) is 16.0. The van der Waals surface area contributed by atoms with Gasteiger partial charge in [0.2, 0.25) is 5.91 Å². The Morgan fingerprint density at radius 2 is 1.74 bits per heavy atom. The summed E-state index contributed by atoms with van der Waals surface area (Å²) in [6.45, 7) is 6.09. The minimum absolute atomic E-state index is 0.0415. The molecule has 272 valence electrons. The number of urea groups is 1. The molecule has 3 saturated heterocycles. The molecular formula is C37H53N7O5S. The number of hydrogen-bond acceptors (Lipinski definition) is 9. The normalized spacial score (nSPS) is 21.8. The number of rotatable bonds is 18. The number of Topliss-reactive ketones (excluding diaryl/α,β-unsaturated/α-hetero) is 1. The number of carbonyl (C=O) groups is 3. The van der Waals surface area contributed by atoms with E-state index >= 15 is 0 Å². The Bertz CT molecular complexity index is 1540. The number of amides is 3. The molecule has 0 aliphatic carbocycles. The maximum Gasteiger partial charge on any atom is 0.315 e. The van der Waals surface area contributed by atoms with Gasteiger partial charge in [-0.1, -0.05) is 31.7 Å². The van der Waals surface area contributed by atoms with E-state index in [-0.39, 0.29) is 35.7 Å². The van der Waals surface area contributed by atoms with Crippen molar-refractivity contribution in [2.45, 2.75) is 121 Å². The van der Waals surface area contributed by atoms with Crippen LogP contribution >= 0.6 is 11.8 Å². The largest absolute Gasteiger partial charge is 0.490 e. The van der Waals surface area contributed by atoms with Gasteiger partial charge in [-0.25, -0.2) is 9.89 Å². The lowest BCUT2D eigenvalue weighted by Crippen LogP contribution is -2.43. The van der Waals surface area contributed by atoms with E-state index in [2.05, 4.69) is 48.1 Å². The van der Waals surface area contributed by atoms with E-state index < -0.39 is 0 Å². The molecule has 0 radical (unpaired) electrons. The highest BCUT2D eigenvalue weighted by molar-refractivity contribution is 8.00. The SMILES string of the molecule is Cc1c(N2Cc3ccc(OC4CCN(CC(=O)NCCCCCCCC(=O)CCCC[C@@H]5SC[C@@H]6NC(=O)N[C@@H]65)CC4)cc3C2)cn[nH]c1=O. The first-order valence-corrected chi connectivity index (χ1v) is 19.6. The number of ether oxygens (including phenoxy) is 1. The molecule has 4 aliphatic rings. The van der Waals surface area contributed by atoms with Gasteiger partial charge in [-0.2, -0.15) is 16.9 Å². The van der Waals surface area contributed by atoms with Crippen LogP contribution in [0.5, 0.6) is 5.75 Å². The smallest absolute Gasteiger partial charge is 0.315 e. The quantitative estimate of drug-likeness (QED) is 0.132. The Labute approximate surface area is 299 Å². The van der Waals surface area contributed by atoms with E-state index in [0.29, 0.717) is 42.5 Å². The number of unbranched alkanes of at least 4 members (excludes halogenated alkanes) is 5. The van der Waals surface area contributed by atoms with Gasteiger partial charge in [0, 0.05) is 62.1 Å². The van der Waals surface area contributed by atoms with Crippen LogP contribution in [0, 0.1) is 6.92 Å². The van der Waals surface area contributed by atoms with Crippen molar-refractivity contribution in [3.63, 3.8) is 0 Å². The number of benzene rings is 1. The molecule has 5 heterocycles. The molecule has 50 heavy (non-hydrogen) atoms. The first-order valence-electron chi connectivity index (χ1n) is 18.6. The van der Waals surface area contributed by atoms with Gasteiger partial charge < -0.3 is 25.6 Å². The van der Waals surface area contributed by atoms with E-state index in [1.54, 1.807) is 6.20 Å². The maximum atomic E-state index is 12.5. The van der Waals surface area contributed by atoms with Crippen LogP contribution < -0.4 is 31.1 Å². The number of ketones is 1. The lowest BCUT2D eigenvalue weighted by molar-refractivity contribution is -0.122. The molecule has 1 aromatic heterocycles. The Balaban J connectivity index is 0.759. The topological polar surface area (TPSA) is 149 Å². The summed E-state index contributed by atoms with van der Waals surface area (Å²) >= 11 is 1.93. The molecule has 3 amide bonds. The van der Waals surface area contributed by atoms with E-state index in [1.165, 1.54) is 11.1 Å². The molecule has 0 spiro atoms. The number of likely N-dealkylation sites (tertiary alicyclic amines) is 1. The number of nitrogens with one attached hydrogen (secondary N) is 4. The van der Waals surface area contributed by atoms with Crippen LogP contribution in [0.1, 0.15) is 93.7 Å². The minimum Gasteiger partial charge on any atom is -0.490 e. The van der Waals surface area contributed by atoms with Gasteiger partial charge in [0.25, 0.3) is 5.56 Å². The van der Waals surface area contributed by atoms with E-state index in [1.807, 2.05) is 24.8 Å². The zero-order valence-electron chi connectivity index (χ0n) is 29.3. The Morgan fingerprint density at radius 3 is 2.58 bits per heavy atom. The van der Waals surface area contributed by atoms with Gasteiger partial charge in [-0.3, -0.25) is 19.3 Å². The fourth-order valence-corrected chi connectivity index (χ4v) is 9.20. The molecule has 0 saturated carbocycles. The van der Waals surface area contributed by atoms with E-state index in [4.69, 9.17) is 4.74 Å². The standard InChI is InChI=1S/C37H53N7O5S/c1-25-32(20-39-42-36(25)47)44-21-26-12-13-30(19-27(26)22-44)49-29-14-17-43(18-15-29)23-34(46)38-16-8-4-2-3-5-9-28(45)10-6-7-11-33-35-31(24-50-33)40-37(48)41-35/h12-13,19-20,29,31,33,35H,2-11,14-18,21-24H2,1H3,(H,38,46)(H,42,47)(H2,40,41,48)/t31-,33-,35-/m0/s1. The number of piperidine rings is 1. The zero-order valence-corrected chi connectivity index (χ0v) is 30.2. The average molecular weight is 708 g/mol. The molecule has 13 heteroatoms. The van der Waals surface area contributed by atoms with Gasteiger partial charge in [0.15, 0.2) is 0 Å². The molecule has 2 aromatic rings. The van der Waals surface area contributed by atoms with Gasteiger partial charge in [0.1, 0.15) is 17.6 Å². The lowest BCUT2D eigenvalue weighted by atomic mass is 10.0. The highest BCUT2D eigenvalue weighted by Gasteiger charge is 2.42. The monoisotopic (exact) mass is 707 g/mol. The van der Waals surface area contributed by atoms with Gasteiger partial charge in [-0.15, -0.1) is 0 Å². The number of aromatic amines is 1. The zero-order chi connectivity index (χ0) is 34.9. The number of carbonyl (C=O) groups excluding carboxylic acids is 3. The summed E-state index contributed by atoms with van der Waals surface area (Å²) in [6, 6.07) is 6.75. The molecule has 12 nitrogen and oxygen atoms in total. The summed E-state index contributed by atoms with van der Waals surface area (Å²) in [5.74, 6) is 2.31. The summed E-state index contributed by atoms with van der Waals surface area (Å²) < 4.78 is 6.36. The molecule has 4 N–H and O–H groups in total. The van der Waals surface area contributed by atoms with Crippen molar-refractivity contribution in [3.8, 4) is 5.75 Å². The second-order valence-electron chi connectivity index (χ2n) is 14.4. The predicted molar refractivity (Wildman–Crippen MR) is 196 cm³/mol. The molecule has 1 aromatic carbocycles. The summed E-state index contributed by atoms with van der Waals surface area (Å²) in [5.41, 5.74) is 3.83. The Kier molecular flexibility index (Phi) is 12.7. The van der Waals surface area contributed by atoms with Gasteiger partial charge >= 0.3 is 6.03 Å². The molecular weight excluding hydrogens is 655 g/mol.